The Balaban J connectivity index is 1.99. The lowest BCUT2D eigenvalue weighted by Gasteiger charge is -2.22. The summed E-state index contributed by atoms with van der Waals surface area (Å²) >= 11 is 5.85. The van der Waals surface area contributed by atoms with Crippen LogP contribution >= 0.6 is 11.6 Å². The first-order chi connectivity index (χ1) is 20.2. The number of amides is 3. The molecule has 5 N–H and O–H groups in total. The molecule has 0 saturated carbocycles. The summed E-state index contributed by atoms with van der Waals surface area (Å²) in [5.74, 6) is -3.88. The molecule has 0 bridgehead atoms. The molecule has 1 heterocycles. The smallest absolute Gasteiger partial charge is 0.382 e. The molecule has 0 fully saturated rings. The zero-order chi connectivity index (χ0) is 33.2. The standard InChI is InChI=1S/C26H25ClF6N6O5/c1-24(2,34)22(43)36-21(42)19(14-4-3-5-15(10-14)25(28,29)30)35-18(41)12-39-23(44)38(11-17(40)26(31,32)33)20(37-39)13-6-8-16(27)9-7-13/h3-10,17,19,40H,11-12,34H2,1-2H3,(H,35,41)(H,36,42,43)/t17-,19?/m0/s1. The summed E-state index contributed by atoms with van der Waals surface area (Å²) in [4.78, 5) is 51.3. The van der Waals surface area contributed by atoms with Crippen LogP contribution in [0.1, 0.15) is 31.0 Å². The number of benzene rings is 2. The monoisotopic (exact) mass is 650 g/mol. The summed E-state index contributed by atoms with van der Waals surface area (Å²) < 4.78 is 80.3. The topological polar surface area (TPSA) is 161 Å². The summed E-state index contributed by atoms with van der Waals surface area (Å²) in [5.41, 5.74) is 1.29. The molecule has 3 amide bonds. The van der Waals surface area contributed by atoms with E-state index in [-0.39, 0.29) is 16.4 Å². The molecule has 0 aliphatic carbocycles. The number of nitrogens with two attached hydrogens (primary N) is 1. The van der Waals surface area contributed by atoms with Crippen molar-refractivity contribution in [3.05, 3.63) is 75.2 Å². The number of aromatic nitrogens is 3. The van der Waals surface area contributed by atoms with Gasteiger partial charge in [-0.05, 0) is 55.8 Å². The molecular weight excluding hydrogens is 626 g/mol. The lowest BCUT2D eigenvalue weighted by molar-refractivity contribution is -0.207. The van der Waals surface area contributed by atoms with Gasteiger partial charge >= 0.3 is 18.0 Å². The third-order valence-corrected chi connectivity index (χ3v) is 6.24. The average molecular weight is 651 g/mol. The van der Waals surface area contributed by atoms with Gasteiger partial charge in [-0.3, -0.25) is 24.3 Å². The molecule has 0 aliphatic heterocycles. The summed E-state index contributed by atoms with van der Waals surface area (Å²) in [6.45, 7) is 0.149. The van der Waals surface area contributed by atoms with Gasteiger partial charge in [-0.2, -0.15) is 26.3 Å². The van der Waals surface area contributed by atoms with Crippen molar-refractivity contribution >= 4 is 29.3 Å². The Morgan fingerprint density at radius 3 is 2.20 bits per heavy atom. The molecule has 1 aromatic heterocycles. The number of aliphatic hydroxyl groups excluding tert-OH is 1. The fourth-order valence-corrected chi connectivity index (χ4v) is 3.81. The predicted octanol–water partition coefficient (Wildman–Crippen LogP) is 2.54. The van der Waals surface area contributed by atoms with E-state index in [0.29, 0.717) is 21.4 Å². The Hall–Kier alpha value is -4.22. The highest BCUT2D eigenvalue weighted by Gasteiger charge is 2.40. The van der Waals surface area contributed by atoms with Gasteiger partial charge in [0.25, 0.3) is 5.91 Å². The van der Waals surface area contributed by atoms with Crippen LogP contribution in [0, 0.1) is 0 Å². The van der Waals surface area contributed by atoms with Crippen molar-refractivity contribution < 1.29 is 45.8 Å². The molecule has 3 rings (SSSR count). The van der Waals surface area contributed by atoms with Crippen molar-refractivity contribution in [1.29, 1.82) is 0 Å². The number of carbonyl (C=O) groups is 3. The molecule has 2 aromatic carbocycles. The molecule has 11 nitrogen and oxygen atoms in total. The quantitative estimate of drug-likeness (QED) is 0.259. The van der Waals surface area contributed by atoms with Gasteiger partial charge in [0.05, 0.1) is 17.6 Å². The normalized spacial score (nSPS) is 13.7. The first-order valence-electron chi connectivity index (χ1n) is 12.5. The van der Waals surface area contributed by atoms with E-state index in [1.54, 1.807) is 0 Å². The molecular formula is C26H25ClF6N6O5. The number of imide groups is 1. The van der Waals surface area contributed by atoms with E-state index in [0.717, 1.165) is 12.1 Å². The Labute approximate surface area is 249 Å². The minimum Gasteiger partial charge on any atom is -0.382 e. The number of halogens is 7. The number of alkyl halides is 6. The number of hydrogen-bond acceptors (Lipinski definition) is 7. The van der Waals surface area contributed by atoms with Gasteiger partial charge in [-0.25, -0.2) is 9.48 Å². The molecule has 0 saturated heterocycles. The second-order valence-electron chi connectivity index (χ2n) is 10.1. The first-order valence-corrected chi connectivity index (χ1v) is 12.9. The maximum atomic E-state index is 13.4. The van der Waals surface area contributed by atoms with Crippen molar-refractivity contribution in [2.24, 2.45) is 5.73 Å². The molecule has 0 spiro atoms. The number of carbonyl (C=O) groups excluding carboxylic acids is 3. The Bertz CT molecular complexity index is 1590. The largest absolute Gasteiger partial charge is 0.416 e. The van der Waals surface area contributed by atoms with E-state index in [1.165, 1.54) is 38.1 Å². The average Bonchev–Trinajstić information content (AvgIpc) is 3.20. The predicted molar refractivity (Wildman–Crippen MR) is 143 cm³/mol. The van der Waals surface area contributed by atoms with Crippen molar-refractivity contribution in [3.8, 4) is 11.4 Å². The number of nitrogens with zero attached hydrogens (tertiary/aromatic N) is 3. The zero-order valence-electron chi connectivity index (χ0n) is 22.8. The minimum absolute atomic E-state index is 0.0872. The van der Waals surface area contributed by atoms with Crippen molar-refractivity contribution in [1.82, 2.24) is 25.0 Å². The van der Waals surface area contributed by atoms with E-state index < -0.39 is 77.7 Å². The van der Waals surface area contributed by atoms with Gasteiger partial charge in [0.15, 0.2) is 11.9 Å². The molecule has 18 heteroatoms. The number of hydrogen-bond donors (Lipinski definition) is 4. The SMILES string of the molecule is CC(C)(N)C(=O)NC(=O)C(NC(=O)Cn1nc(-c2ccc(Cl)cc2)n(C[C@H](O)C(F)(F)F)c1=O)c1cccc(C(F)(F)F)c1. The molecule has 238 valence electrons. The van der Waals surface area contributed by atoms with E-state index in [4.69, 9.17) is 17.3 Å². The van der Waals surface area contributed by atoms with E-state index >= 15 is 0 Å². The van der Waals surface area contributed by atoms with Crippen molar-refractivity contribution in [2.45, 2.75) is 57.0 Å². The van der Waals surface area contributed by atoms with Crippen LogP contribution in [0.2, 0.25) is 5.02 Å². The summed E-state index contributed by atoms with van der Waals surface area (Å²) in [5, 5.41) is 17.8. The number of nitrogens with one attached hydrogen (secondary N) is 2. The van der Waals surface area contributed by atoms with Crippen molar-refractivity contribution in [2.75, 3.05) is 0 Å². The summed E-state index contributed by atoms with van der Waals surface area (Å²) in [6.07, 6.45) is -12.9. The fraction of sp³-hybridized carbons (Fsp3) is 0.346. The highest BCUT2D eigenvalue weighted by atomic mass is 35.5. The zero-order valence-corrected chi connectivity index (χ0v) is 23.6. The Kier molecular flexibility index (Phi) is 9.96. The molecule has 3 aromatic rings. The first kappa shape index (κ1) is 34.3. The van der Waals surface area contributed by atoms with E-state index in [1.807, 2.05) is 5.32 Å². The van der Waals surface area contributed by atoms with Gasteiger partial charge in [-0.15, -0.1) is 5.10 Å². The Morgan fingerprint density at radius 1 is 1.05 bits per heavy atom. The molecule has 0 aliphatic rings. The van der Waals surface area contributed by atoms with Crippen LogP contribution in [0.25, 0.3) is 11.4 Å². The Morgan fingerprint density at radius 2 is 1.66 bits per heavy atom. The number of rotatable bonds is 9. The lowest BCUT2D eigenvalue weighted by atomic mass is 10.0. The summed E-state index contributed by atoms with van der Waals surface area (Å²) in [7, 11) is 0. The molecule has 0 radical (unpaired) electrons. The third kappa shape index (κ3) is 8.45. The second kappa shape index (κ2) is 12.8. The highest BCUT2D eigenvalue weighted by molar-refractivity contribution is 6.30. The summed E-state index contributed by atoms with van der Waals surface area (Å²) in [6, 6.07) is 6.68. The van der Waals surface area contributed by atoms with Gasteiger partial charge < -0.3 is 16.2 Å². The molecule has 44 heavy (non-hydrogen) atoms. The maximum absolute atomic E-state index is 13.4. The minimum atomic E-state index is -5.11. The van der Waals surface area contributed by atoms with Gasteiger partial charge in [-0.1, -0.05) is 23.7 Å². The van der Waals surface area contributed by atoms with Gasteiger partial charge in [0.2, 0.25) is 11.8 Å². The van der Waals surface area contributed by atoms with Gasteiger partial charge in [0, 0.05) is 10.6 Å². The number of aliphatic hydroxyl groups is 1. The maximum Gasteiger partial charge on any atom is 0.416 e. The van der Waals surface area contributed by atoms with Gasteiger partial charge in [0.1, 0.15) is 12.6 Å². The molecule has 1 unspecified atom stereocenters. The van der Waals surface area contributed by atoms with E-state index in [9.17, 15) is 50.6 Å². The second-order valence-corrected chi connectivity index (χ2v) is 10.5. The van der Waals surface area contributed by atoms with Crippen LogP contribution in [0.4, 0.5) is 26.3 Å². The molecule has 2 atom stereocenters. The van der Waals surface area contributed by atoms with Crippen LogP contribution in [-0.2, 0) is 33.6 Å². The van der Waals surface area contributed by atoms with Crippen molar-refractivity contribution in [3.63, 3.8) is 0 Å². The van der Waals surface area contributed by atoms with E-state index in [2.05, 4.69) is 10.4 Å². The van der Waals surface area contributed by atoms with Crippen LogP contribution in [0.3, 0.4) is 0 Å². The highest BCUT2D eigenvalue weighted by Crippen LogP contribution is 2.31. The van der Waals surface area contributed by atoms with Crippen LogP contribution < -0.4 is 22.1 Å². The van der Waals surface area contributed by atoms with Crippen LogP contribution in [-0.4, -0.2) is 55.0 Å². The van der Waals surface area contributed by atoms with Crippen LogP contribution in [0.15, 0.2) is 53.3 Å². The van der Waals surface area contributed by atoms with Crippen LogP contribution in [0.5, 0.6) is 0 Å². The lowest BCUT2D eigenvalue weighted by Crippen LogP contribution is -2.53. The fourth-order valence-electron chi connectivity index (χ4n) is 3.68. The third-order valence-electron chi connectivity index (χ3n) is 5.99.